The topological polar surface area (TPSA) is 70.8 Å². The quantitative estimate of drug-likeness (QED) is 0.803. The molecule has 2 rings (SSSR count). The van der Waals surface area contributed by atoms with Crippen molar-refractivity contribution in [1.29, 1.82) is 5.26 Å². The van der Waals surface area contributed by atoms with Crippen LogP contribution in [0.4, 0.5) is 0 Å². The highest BCUT2D eigenvalue weighted by Crippen LogP contribution is 2.21. The predicted molar refractivity (Wildman–Crippen MR) is 93.2 cm³/mol. The summed E-state index contributed by atoms with van der Waals surface area (Å²) < 4.78 is 0. The van der Waals surface area contributed by atoms with E-state index in [0.29, 0.717) is 37.5 Å². The summed E-state index contributed by atoms with van der Waals surface area (Å²) in [4.78, 5) is 19.0. The maximum Gasteiger partial charge on any atom is 0.236 e. The third-order valence-corrected chi connectivity index (χ3v) is 5.53. The van der Waals surface area contributed by atoms with E-state index in [4.69, 9.17) is 0 Å². The van der Waals surface area contributed by atoms with Crippen LogP contribution < -0.4 is 0 Å². The van der Waals surface area contributed by atoms with Crippen molar-refractivity contribution in [2.75, 3.05) is 45.9 Å². The molecule has 6 heteroatoms. The molecule has 0 saturated carbocycles. The number of amides is 1. The number of hydrogen-bond donors (Lipinski definition) is 1. The molecule has 0 radical (unpaired) electrons. The van der Waals surface area contributed by atoms with Gasteiger partial charge in [-0.15, -0.1) is 0 Å². The summed E-state index contributed by atoms with van der Waals surface area (Å²) >= 11 is 0. The molecule has 2 heterocycles. The van der Waals surface area contributed by atoms with Gasteiger partial charge < -0.3 is 10.0 Å². The first-order chi connectivity index (χ1) is 11.5. The van der Waals surface area contributed by atoms with Crippen LogP contribution in [0.2, 0.25) is 0 Å². The largest absolute Gasteiger partial charge is 0.396 e. The van der Waals surface area contributed by atoms with Crippen LogP contribution in [0, 0.1) is 23.2 Å². The smallest absolute Gasteiger partial charge is 0.236 e. The summed E-state index contributed by atoms with van der Waals surface area (Å²) in [6, 6.07) is 2.73. The molecular weight excluding hydrogens is 304 g/mol. The molecule has 2 fully saturated rings. The lowest BCUT2D eigenvalue weighted by Crippen LogP contribution is -2.55. The number of rotatable bonds is 5. The van der Waals surface area contributed by atoms with Gasteiger partial charge in [0.1, 0.15) is 6.04 Å². The Kier molecular flexibility index (Phi) is 7.02. The van der Waals surface area contributed by atoms with Gasteiger partial charge in [0, 0.05) is 45.4 Å². The zero-order chi connectivity index (χ0) is 17.7. The maximum atomic E-state index is 12.6. The fourth-order valence-corrected chi connectivity index (χ4v) is 3.81. The normalized spacial score (nSPS) is 27.9. The minimum absolute atomic E-state index is 0.0605. The second kappa shape index (κ2) is 8.80. The Morgan fingerprint density at radius 1 is 1.25 bits per heavy atom. The third-order valence-electron chi connectivity index (χ3n) is 5.53. The third kappa shape index (κ3) is 4.69. The Morgan fingerprint density at radius 2 is 1.92 bits per heavy atom. The second-order valence-electron chi connectivity index (χ2n) is 7.64. The molecule has 0 aromatic carbocycles. The van der Waals surface area contributed by atoms with Gasteiger partial charge in [-0.05, 0) is 31.6 Å². The minimum Gasteiger partial charge on any atom is -0.396 e. The van der Waals surface area contributed by atoms with Crippen molar-refractivity contribution in [2.45, 2.75) is 45.7 Å². The lowest BCUT2D eigenvalue weighted by Gasteiger charge is -2.41. The Balaban J connectivity index is 1.83. The molecule has 0 aromatic rings. The summed E-state index contributed by atoms with van der Waals surface area (Å²) in [7, 11) is 0. The number of piperidine rings is 1. The molecule has 1 N–H and O–H groups in total. The van der Waals surface area contributed by atoms with Gasteiger partial charge >= 0.3 is 0 Å². The van der Waals surface area contributed by atoms with Gasteiger partial charge in [0.15, 0.2) is 0 Å². The molecule has 0 spiro atoms. The standard InChI is InChI=1S/C18H32N4O2/c1-14(2)17(10-19)20-6-8-21(9-7-20)18(24)12-22-11-16(13-23)5-4-15(22)3/h14-17,23H,4-9,11-13H2,1-3H3. The van der Waals surface area contributed by atoms with Crippen molar-refractivity contribution in [3.8, 4) is 6.07 Å². The first-order valence-electron chi connectivity index (χ1n) is 9.22. The zero-order valence-electron chi connectivity index (χ0n) is 15.3. The summed E-state index contributed by atoms with van der Waals surface area (Å²) in [6.45, 7) is 10.7. The lowest BCUT2D eigenvalue weighted by molar-refractivity contribution is -0.135. The molecule has 0 bridgehead atoms. The van der Waals surface area contributed by atoms with E-state index in [9.17, 15) is 15.2 Å². The van der Waals surface area contributed by atoms with E-state index in [1.165, 1.54) is 0 Å². The monoisotopic (exact) mass is 336 g/mol. The number of hydrogen-bond acceptors (Lipinski definition) is 5. The summed E-state index contributed by atoms with van der Waals surface area (Å²) in [5.74, 6) is 0.785. The number of carbonyl (C=O) groups excluding carboxylic acids is 1. The molecule has 1 amide bonds. The number of nitrogens with zero attached hydrogens (tertiary/aromatic N) is 4. The molecule has 3 atom stereocenters. The van der Waals surface area contributed by atoms with E-state index in [1.807, 2.05) is 4.90 Å². The van der Waals surface area contributed by atoms with Crippen molar-refractivity contribution in [2.24, 2.45) is 11.8 Å². The highest BCUT2D eigenvalue weighted by molar-refractivity contribution is 5.78. The van der Waals surface area contributed by atoms with E-state index >= 15 is 0 Å². The number of aliphatic hydroxyl groups excluding tert-OH is 1. The average Bonchev–Trinajstić information content (AvgIpc) is 2.57. The highest BCUT2D eigenvalue weighted by atomic mass is 16.3. The van der Waals surface area contributed by atoms with Crippen LogP contribution in [-0.2, 0) is 4.79 Å². The average molecular weight is 336 g/mol. The van der Waals surface area contributed by atoms with Gasteiger partial charge in [-0.3, -0.25) is 14.6 Å². The highest BCUT2D eigenvalue weighted by Gasteiger charge is 2.31. The van der Waals surface area contributed by atoms with Crippen LogP contribution in [0.25, 0.3) is 0 Å². The van der Waals surface area contributed by atoms with Crippen LogP contribution in [-0.4, -0.2) is 83.7 Å². The molecule has 0 aliphatic carbocycles. The first-order valence-corrected chi connectivity index (χ1v) is 9.22. The van der Waals surface area contributed by atoms with Gasteiger partial charge in [-0.2, -0.15) is 5.26 Å². The molecule has 6 nitrogen and oxygen atoms in total. The molecule has 0 aromatic heterocycles. The molecule has 136 valence electrons. The minimum atomic E-state index is -0.0605. The molecule has 2 aliphatic rings. The van der Waals surface area contributed by atoms with E-state index in [2.05, 4.69) is 36.6 Å². The Hall–Kier alpha value is -1.16. The summed E-state index contributed by atoms with van der Waals surface area (Å²) in [6.07, 6.45) is 2.09. The fraction of sp³-hybridized carbons (Fsp3) is 0.889. The van der Waals surface area contributed by atoms with Crippen molar-refractivity contribution >= 4 is 5.91 Å². The summed E-state index contributed by atoms with van der Waals surface area (Å²) in [5, 5.41) is 18.7. The van der Waals surface area contributed by atoms with Crippen LogP contribution >= 0.6 is 0 Å². The van der Waals surface area contributed by atoms with Crippen molar-refractivity contribution in [3.05, 3.63) is 0 Å². The van der Waals surface area contributed by atoms with Gasteiger partial charge in [0.25, 0.3) is 0 Å². The lowest BCUT2D eigenvalue weighted by atomic mass is 9.94. The molecule has 3 unspecified atom stereocenters. The molecular formula is C18H32N4O2. The Bertz CT molecular complexity index is 454. The maximum absolute atomic E-state index is 12.6. The van der Waals surface area contributed by atoms with E-state index in [-0.39, 0.29) is 18.6 Å². The van der Waals surface area contributed by atoms with Gasteiger partial charge in [0.2, 0.25) is 5.91 Å². The molecule has 2 saturated heterocycles. The number of likely N-dealkylation sites (tertiary alicyclic amines) is 1. The molecule has 24 heavy (non-hydrogen) atoms. The summed E-state index contributed by atoms with van der Waals surface area (Å²) in [5.41, 5.74) is 0. The number of nitriles is 1. The number of carbonyl (C=O) groups is 1. The van der Waals surface area contributed by atoms with Gasteiger partial charge in [-0.25, -0.2) is 0 Å². The SMILES string of the molecule is CC(C)C(C#N)N1CCN(C(=O)CN2CC(CO)CCC2C)CC1. The van der Waals surface area contributed by atoms with Crippen LogP contribution in [0.1, 0.15) is 33.6 Å². The Labute approximate surface area is 146 Å². The van der Waals surface area contributed by atoms with Crippen molar-refractivity contribution in [1.82, 2.24) is 14.7 Å². The Morgan fingerprint density at radius 3 is 2.46 bits per heavy atom. The van der Waals surface area contributed by atoms with Crippen LogP contribution in [0.3, 0.4) is 0 Å². The first kappa shape index (κ1) is 19.2. The van der Waals surface area contributed by atoms with Crippen LogP contribution in [0.15, 0.2) is 0 Å². The predicted octanol–water partition coefficient (Wildman–Crippen LogP) is 0.772. The van der Waals surface area contributed by atoms with E-state index < -0.39 is 0 Å². The fourth-order valence-electron chi connectivity index (χ4n) is 3.81. The number of piperazine rings is 1. The van der Waals surface area contributed by atoms with Gasteiger partial charge in [-0.1, -0.05) is 13.8 Å². The van der Waals surface area contributed by atoms with E-state index in [1.54, 1.807) is 0 Å². The number of aliphatic hydroxyl groups is 1. The van der Waals surface area contributed by atoms with Crippen molar-refractivity contribution in [3.63, 3.8) is 0 Å². The van der Waals surface area contributed by atoms with Crippen LogP contribution in [0.5, 0.6) is 0 Å². The van der Waals surface area contributed by atoms with Gasteiger partial charge in [0.05, 0.1) is 12.6 Å². The van der Waals surface area contributed by atoms with Crippen molar-refractivity contribution < 1.29 is 9.90 Å². The van der Waals surface area contributed by atoms with E-state index in [0.717, 1.165) is 32.5 Å². The molecule has 2 aliphatic heterocycles. The second-order valence-corrected chi connectivity index (χ2v) is 7.64. The zero-order valence-corrected chi connectivity index (χ0v) is 15.3.